The van der Waals surface area contributed by atoms with Crippen LogP contribution >= 0.6 is 23.4 Å². The first-order valence-corrected chi connectivity index (χ1v) is 9.40. The molecule has 134 valence electrons. The molecule has 1 aromatic rings. The predicted octanol–water partition coefficient (Wildman–Crippen LogP) is 2.66. The quantitative estimate of drug-likeness (QED) is 0.810. The number of rotatable bonds is 4. The van der Waals surface area contributed by atoms with E-state index in [0.29, 0.717) is 22.9 Å². The maximum Gasteiger partial charge on any atom is 0.330 e. The van der Waals surface area contributed by atoms with Crippen LogP contribution in [-0.4, -0.2) is 45.5 Å². The molecule has 0 aromatic heterocycles. The molecule has 8 heteroatoms. The van der Waals surface area contributed by atoms with E-state index < -0.39 is 24.0 Å². The van der Waals surface area contributed by atoms with Gasteiger partial charge in [-0.25, -0.2) is 4.79 Å². The molecule has 0 radical (unpaired) electrons. The molecule has 6 nitrogen and oxygen atoms in total. The van der Waals surface area contributed by atoms with Gasteiger partial charge in [-0.05, 0) is 32.4 Å². The van der Waals surface area contributed by atoms with Gasteiger partial charge in [0.1, 0.15) is 6.04 Å². The highest BCUT2D eigenvalue weighted by Crippen LogP contribution is 2.47. The topological polar surface area (TPSA) is 75.7 Å². The summed E-state index contributed by atoms with van der Waals surface area (Å²) in [5.74, 6) is -0.571. The van der Waals surface area contributed by atoms with Crippen LogP contribution in [0.3, 0.4) is 0 Å². The van der Waals surface area contributed by atoms with Gasteiger partial charge in [0.2, 0.25) is 5.91 Å². The number of esters is 1. The Morgan fingerprint density at radius 1 is 1.44 bits per heavy atom. The molecule has 2 aliphatic rings. The van der Waals surface area contributed by atoms with Crippen molar-refractivity contribution in [2.75, 3.05) is 11.1 Å². The molecule has 2 heterocycles. The van der Waals surface area contributed by atoms with E-state index in [0.717, 1.165) is 6.42 Å². The first-order chi connectivity index (χ1) is 11.8. The molecule has 2 amide bonds. The van der Waals surface area contributed by atoms with Crippen molar-refractivity contribution in [3.05, 3.63) is 29.3 Å². The number of nitrogens with one attached hydrogen (secondary N) is 1. The molecular weight excluding hydrogens is 364 g/mol. The molecule has 1 aromatic carbocycles. The number of fused-ring (bicyclic) bond motifs is 1. The number of carbonyl (C=O) groups is 3. The van der Waals surface area contributed by atoms with Crippen LogP contribution in [0.15, 0.2) is 24.3 Å². The molecule has 3 rings (SSSR count). The molecule has 0 aliphatic carbocycles. The van der Waals surface area contributed by atoms with E-state index >= 15 is 0 Å². The van der Waals surface area contributed by atoms with Gasteiger partial charge in [0.25, 0.3) is 5.91 Å². The van der Waals surface area contributed by atoms with Crippen LogP contribution in [0.4, 0.5) is 5.69 Å². The number of halogens is 1. The van der Waals surface area contributed by atoms with Gasteiger partial charge in [-0.3, -0.25) is 9.59 Å². The first kappa shape index (κ1) is 18.1. The van der Waals surface area contributed by atoms with Gasteiger partial charge < -0.3 is 15.0 Å². The van der Waals surface area contributed by atoms with Crippen LogP contribution < -0.4 is 5.32 Å². The summed E-state index contributed by atoms with van der Waals surface area (Å²) in [7, 11) is 0. The Bertz CT molecular complexity index is 728. The van der Waals surface area contributed by atoms with Gasteiger partial charge in [0.05, 0.1) is 15.6 Å². The monoisotopic (exact) mass is 382 g/mol. The third-order valence-corrected chi connectivity index (χ3v) is 6.35. The second kappa shape index (κ2) is 6.88. The lowest BCUT2D eigenvalue weighted by Crippen LogP contribution is -2.48. The van der Waals surface area contributed by atoms with E-state index in [9.17, 15) is 14.4 Å². The van der Waals surface area contributed by atoms with Crippen molar-refractivity contribution in [3.8, 4) is 0 Å². The minimum absolute atomic E-state index is 0.0392. The molecule has 2 saturated heterocycles. The second-order valence-corrected chi connectivity index (χ2v) is 8.22. The van der Waals surface area contributed by atoms with Crippen LogP contribution in [-0.2, 0) is 19.1 Å². The minimum atomic E-state index is -0.988. The van der Waals surface area contributed by atoms with Crippen molar-refractivity contribution in [1.82, 2.24) is 4.90 Å². The molecule has 2 aliphatic heterocycles. The lowest BCUT2D eigenvalue weighted by molar-refractivity contribution is -0.160. The van der Waals surface area contributed by atoms with Gasteiger partial charge >= 0.3 is 5.97 Å². The standard InChI is InChI=1S/C17H19ClN2O4S/c1-10(15(22)19-12-6-4-3-5-11(12)18)24-16(23)13-9-25-17(2)8-7-14(21)20(13)17/h3-6,10,13H,7-9H2,1-2H3,(H,19,22)/t10-,13-,17+/m1/s1. The first-order valence-electron chi connectivity index (χ1n) is 8.04. The molecule has 0 spiro atoms. The Hall–Kier alpha value is -1.73. The third-order valence-electron chi connectivity index (χ3n) is 4.51. The summed E-state index contributed by atoms with van der Waals surface area (Å²) >= 11 is 7.59. The maximum absolute atomic E-state index is 12.5. The van der Waals surface area contributed by atoms with E-state index in [1.807, 2.05) is 6.92 Å². The molecule has 0 saturated carbocycles. The summed E-state index contributed by atoms with van der Waals surface area (Å²) in [5.41, 5.74) is 0.454. The van der Waals surface area contributed by atoms with Crippen molar-refractivity contribution in [1.29, 1.82) is 0 Å². The van der Waals surface area contributed by atoms with Crippen LogP contribution in [0.5, 0.6) is 0 Å². The predicted molar refractivity (Wildman–Crippen MR) is 96.4 cm³/mol. The number of anilines is 1. The van der Waals surface area contributed by atoms with Gasteiger partial charge in [-0.2, -0.15) is 0 Å². The Morgan fingerprint density at radius 3 is 2.88 bits per heavy atom. The number of thioether (sulfide) groups is 1. The fourth-order valence-electron chi connectivity index (χ4n) is 3.10. The van der Waals surface area contributed by atoms with E-state index in [4.69, 9.17) is 16.3 Å². The van der Waals surface area contributed by atoms with Crippen LogP contribution in [0.2, 0.25) is 5.02 Å². The number of hydrogen-bond donors (Lipinski definition) is 1. The van der Waals surface area contributed by atoms with Crippen molar-refractivity contribution in [3.63, 3.8) is 0 Å². The average Bonchev–Trinajstić information content (AvgIpc) is 3.06. The highest BCUT2D eigenvalue weighted by Gasteiger charge is 2.53. The molecule has 25 heavy (non-hydrogen) atoms. The molecule has 0 bridgehead atoms. The largest absolute Gasteiger partial charge is 0.451 e. The van der Waals surface area contributed by atoms with Gasteiger partial charge in [0.15, 0.2) is 6.10 Å². The highest BCUT2D eigenvalue weighted by molar-refractivity contribution is 8.01. The summed E-state index contributed by atoms with van der Waals surface area (Å²) in [6.45, 7) is 3.46. The lowest BCUT2D eigenvalue weighted by atomic mass is 10.2. The molecule has 3 atom stereocenters. The van der Waals surface area contributed by atoms with Crippen molar-refractivity contribution >= 4 is 46.8 Å². The van der Waals surface area contributed by atoms with E-state index in [2.05, 4.69) is 5.32 Å². The normalized spacial score (nSPS) is 26.3. The van der Waals surface area contributed by atoms with Crippen molar-refractivity contribution in [2.24, 2.45) is 0 Å². The van der Waals surface area contributed by atoms with Crippen molar-refractivity contribution in [2.45, 2.75) is 43.7 Å². The summed E-state index contributed by atoms with van der Waals surface area (Å²) in [4.78, 5) is 38.1. The smallest absolute Gasteiger partial charge is 0.330 e. The molecule has 0 unspecified atom stereocenters. The van der Waals surface area contributed by atoms with Gasteiger partial charge in [-0.1, -0.05) is 23.7 Å². The molecular formula is C17H19ClN2O4S. The number of para-hydroxylation sites is 1. The van der Waals surface area contributed by atoms with E-state index in [-0.39, 0.29) is 10.8 Å². The van der Waals surface area contributed by atoms with Gasteiger partial charge in [0, 0.05) is 12.2 Å². The third kappa shape index (κ3) is 3.48. The van der Waals surface area contributed by atoms with E-state index in [1.165, 1.54) is 6.92 Å². The number of amides is 2. The minimum Gasteiger partial charge on any atom is -0.451 e. The van der Waals surface area contributed by atoms with Gasteiger partial charge in [-0.15, -0.1) is 11.8 Å². The summed E-state index contributed by atoms with van der Waals surface area (Å²) in [5, 5.41) is 3.04. The second-order valence-electron chi connectivity index (χ2n) is 6.31. The number of ether oxygens (including phenoxy) is 1. The zero-order valence-electron chi connectivity index (χ0n) is 14.0. The number of carbonyl (C=O) groups excluding carboxylic acids is 3. The van der Waals surface area contributed by atoms with Crippen molar-refractivity contribution < 1.29 is 19.1 Å². The SMILES string of the molecule is C[C@@H](OC(=O)[C@H]1CS[C@@]2(C)CCC(=O)N12)C(=O)Nc1ccccc1Cl. The van der Waals surface area contributed by atoms with Crippen LogP contribution in [0.1, 0.15) is 26.7 Å². The number of benzene rings is 1. The maximum atomic E-state index is 12.5. The summed E-state index contributed by atoms with van der Waals surface area (Å²) in [6.07, 6.45) is 0.178. The summed E-state index contributed by atoms with van der Waals surface area (Å²) < 4.78 is 5.31. The molecule has 1 N–H and O–H groups in total. The Balaban J connectivity index is 1.62. The number of hydrogen-bond acceptors (Lipinski definition) is 5. The summed E-state index contributed by atoms with van der Waals surface area (Å²) in [6, 6.07) is 6.18. The van der Waals surface area contributed by atoms with E-state index in [1.54, 1.807) is 40.9 Å². The Kier molecular flexibility index (Phi) is 4.97. The Labute approximate surface area is 155 Å². The Morgan fingerprint density at radius 2 is 2.16 bits per heavy atom. The highest BCUT2D eigenvalue weighted by atomic mass is 35.5. The number of nitrogens with zero attached hydrogens (tertiary/aromatic N) is 1. The van der Waals surface area contributed by atoms with Crippen LogP contribution in [0, 0.1) is 0 Å². The zero-order valence-corrected chi connectivity index (χ0v) is 15.5. The lowest BCUT2D eigenvalue weighted by Gasteiger charge is -2.29. The fraction of sp³-hybridized carbons (Fsp3) is 0.471. The average molecular weight is 383 g/mol. The fourth-order valence-corrected chi connectivity index (χ4v) is 4.70. The zero-order chi connectivity index (χ0) is 18.2. The molecule has 2 fully saturated rings. The van der Waals surface area contributed by atoms with Crippen LogP contribution in [0.25, 0.3) is 0 Å².